The summed E-state index contributed by atoms with van der Waals surface area (Å²) in [6.07, 6.45) is -1.25. The molecule has 0 unspecified atom stereocenters. The predicted molar refractivity (Wildman–Crippen MR) is 31.5 cm³/mol. The van der Waals surface area contributed by atoms with Gasteiger partial charge in [-0.05, 0) is 12.8 Å². The molecule has 8 heavy (non-hydrogen) atoms. The van der Waals surface area contributed by atoms with Crippen LogP contribution in [-0.2, 0) is 4.79 Å². The van der Waals surface area contributed by atoms with E-state index in [0.29, 0.717) is 6.42 Å². The van der Waals surface area contributed by atoms with Crippen molar-refractivity contribution in [2.45, 2.75) is 25.6 Å². The van der Waals surface area contributed by atoms with E-state index < -0.39 is 18.8 Å². The molecule has 1 N–H and O–H groups in total. The van der Waals surface area contributed by atoms with E-state index in [9.17, 15) is 4.79 Å². The van der Waals surface area contributed by atoms with Gasteiger partial charge in [-0.3, -0.25) is 4.79 Å². The summed E-state index contributed by atoms with van der Waals surface area (Å²) in [6, 6.07) is 0. The van der Waals surface area contributed by atoms with E-state index in [4.69, 9.17) is 5.48 Å². The molecule has 1 saturated heterocycles. The van der Waals surface area contributed by atoms with E-state index in [-0.39, 0.29) is 12.8 Å². The number of carbonyl (C=O) groups is 1. The van der Waals surface area contributed by atoms with Crippen molar-refractivity contribution in [1.82, 2.24) is 5.32 Å². The molecule has 0 aromatic carbocycles. The fraction of sp³-hybridized carbons (Fsp3) is 0.833. The zero-order chi connectivity index (χ0) is 9.41. The van der Waals surface area contributed by atoms with Crippen molar-refractivity contribution in [1.29, 1.82) is 0 Å². The zero-order valence-corrected chi connectivity index (χ0v) is 4.53. The lowest BCUT2D eigenvalue weighted by atomic mass is 10.2. The van der Waals surface area contributed by atoms with Gasteiger partial charge in [0.25, 0.3) is 0 Å². The summed E-state index contributed by atoms with van der Waals surface area (Å²) < 4.78 is 29.0. The molecule has 0 aromatic rings. The third kappa shape index (κ3) is 1.52. The Kier molecular flexibility index (Phi) is 0.802. The summed E-state index contributed by atoms with van der Waals surface area (Å²) in [6.45, 7) is -1.75. The van der Waals surface area contributed by atoms with Gasteiger partial charge in [0.1, 0.15) is 0 Å². The minimum atomic E-state index is -1.91. The summed E-state index contributed by atoms with van der Waals surface area (Å²) in [4.78, 5) is 11.0. The van der Waals surface area contributed by atoms with Crippen molar-refractivity contribution in [2.24, 2.45) is 0 Å². The first-order valence-corrected chi connectivity index (χ1v) is 2.66. The van der Waals surface area contributed by atoms with Gasteiger partial charge in [-0.2, -0.15) is 0 Å². The maximum absolute atomic E-state index is 11.0. The first kappa shape index (κ1) is 2.38. The smallest absolute Gasteiger partial charge is 0.219 e. The van der Waals surface area contributed by atoms with Gasteiger partial charge in [-0.25, -0.2) is 0 Å². The number of rotatable bonds is 0. The molecule has 0 bridgehead atoms. The largest absolute Gasteiger partial charge is 0.356 e. The van der Waals surface area contributed by atoms with Crippen LogP contribution in [0.3, 0.4) is 0 Å². The molecule has 0 saturated carbocycles. The summed E-state index contributed by atoms with van der Waals surface area (Å²) in [5.41, 5.74) is 0. The number of nitrogens with one attached hydrogen (secondary N) is 1. The Labute approximate surface area is 54.9 Å². The summed E-state index contributed by atoms with van der Waals surface area (Å²) >= 11 is 0. The molecule has 46 valence electrons. The maximum Gasteiger partial charge on any atom is 0.219 e. The van der Waals surface area contributed by atoms with Crippen molar-refractivity contribution < 1.29 is 10.3 Å². The van der Waals surface area contributed by atoms with E-state index in [1.165, 1.54) is 0 Å². The summed E-state index contributed by atoms with van der Waals surface area (Å²) in [7, 11) is 0. The average molecular weight is 117 g/mol. The Hall–Kier alpha value is -0.530. The topological polar surface area (TPSA) is 29.1 Å². The van der Waals surface area contributed by atoms with Crippen LogP contribution in [0.2, 0.25) is 0 Å². The van der Waals surface area contributed by atoms with Gasteiger partial charge in [0.2, 0.25) is 5.91 Å². The Balaban J connectivity index is 2.77. The van der Waals surface area contributed by atoms with Crippen molar-refractivity contribution in [2.75, 3.05) is 6.50 Å². The van der Waals surface area contributed by atoms with Gasteiger partial charge in [-0.1, -0.05) is 6.42 Å². The Morgan fingerprint density at radius 1 is 1.50 bits per heavy atom. The van der Waals surface area contributed by atoms with Gasteiger partial charge >= 0.3 is 0 Å². The molecule has 0 atom stereocenters. The second-order valence-corrected chi connectivity index (χ2v) is 1.66. The first-order chi connectivity index (χ1) is 5.33. The Bertz CT molecular complexity index is 204. The van der Waals surface area contributed by atoms with Crippen LogP contribution in [0.5, 0.6) is 0 Å². The van der Waals surface area contributed by atoms with Gasteiger partial charge in [0.05, 0.1) is 0 Å². The SMILES string of the molecule is [2H]C1([2H])CCCC([2H])([2H])C(=O)N1. The van der Waals surface area contributed by atoms with Gasteiger partial charge in [0, 0.05) is 18.4 Å². The standard InChI is InChI=1S/C6H11NO/c8-6-4-2-1-3-5-7-6/h1-5H2,(H,7,8)/i4D2,5D2. The summed E-state index contributed by atoms with van der Waals surface area (Å²) in [5.74, 6) is -0.843. The van der Waals surface area contributed by atoms with Crippen LogP contribution in [0.1, 0.15) is 31.1 Å². The molecule has 1 aliphatic heterocycles. The average Bonchev–Trinajstić information content (AvgIpc) is 1.90. The number of carbonyl (C=O) groups excluding carboxylic acids is 1. The summed E-state index contributed by atoms with van der Waals surface area (Å²) in [5, 5.41) is 2.03. The van der Waals surface area contributed by atoms with Crippen molar-refractivity contribution in [3.63, 3.8) is 0 Å². The van der Waals surface area contributed by atoms with Crippen LogP contribution in [0.15, 0.2) is 0 Å². The Morgan fingerprint density at radius 3 is 3.25 bits per heavy atom. The Morgan fingerprint density at radius 2 is 2.38 bits per heavy atom. The predicted octanol–water partition coefficient (Wildman–Crippen LogP) is 0.677. The van der Waals surface area contributed by atoms with Crippen LogP contribution in [0, 0.1) is 0 Å². The fourth-order valence-electron chi connectivity index (χ4n) is 0.566. The second kappa shape index (κ2) is 2.70. The quantitative estimate of drug-likeness (QED) is 0.496. The van der Waals surface area contributed by atoms with E-state index in [0.717, 1.165) is 0 Å². The van der Waals surface area contributed by atoms with Crippen molar-refractivity contribution in [3.8, 4) is 0 Å². The molecular formula is C6H11NO. The van der Waals surface area contributed by atoms with Gasteiger partial charge < -0.3 is 5.32 Å². The monoisotopic (exact) mass is 117 g/mol. The van der Waals surface area contributed by atoms with Gasteiger partial charge in [0.15, 0.2) is 0 Å². The van der Waals surface area contributed by atoms with Crippen LogP contribution in [-0.4, -0.2) is 12.4 Å². The highest BCUT2D eigenvalue weighted by Gasteiger charge is 2.03. The van der Waals surface area contributed by atoms with Crippen molar-refractivity contribution >= 4 is 5.91 Å². The molecule has 0 spiro atoms. The molecule has 1 fully saturated rings. The fourth-order valence-corrected chi connectivity index (χ4v) is 0.566. The number of hydrogen-bond acceptors (Lipinski definition) is 1. The lowest BCUT2D eigenvalue weighted by Crippen LogP contribution is -2.21. The normalized spacial score (nSPS) is 41.8. The van der Waals surface area contributed by atoms with E-state index in [1.54, 1.807) is 0 Å². The van der Waals surface area contributed by atoms with Crippen molar-refractivity contribution in [3.05, 3.63) is 0 Å². The molecule has 0 radical (unpaired) electrons. The third-order valence-electron chi connectivity index (χ3n) is 0.966. The third-order valence-corrected chi connectivity index (χ3v) is 0.966. The molecule has 1 amide bonds. The number of amides is 1. The van der Waals surface area contributed by atoms with Crippen LogP contribution >= 0.6 is 0 Å². The lowest BCUT2D eigenvalue weighted by Gasteiger charge is -1.93. The highest BCUT2D eigenvalue weighted by atomic mass is 16.1. The van der Waals surface area contributed by atoms with Crippen LogP contribution in [0.4, 0.5) is 0 Å². The van der Waals surface area contributed by atoms with Crippen LogP contribution < -0.4 is 5.32 Å². The molecule has 0 aliphatic carbocycles. The first-order valence-electron chi connectivity index (χ1n) is 4.66. The molecule has 1 rings (SSSR count). The van der Waals surface area contributed by atoms with E-state index in [1.807, 2.05) is 5.32 Å². The molecule has 1 heterocycles. The molecule has 2 nitrogen and oxygen atoms in total. The molecule has 2 heteroatoms. The van der Waals surface area contributed by atoms with E-state index >= 15 is 0 Å². The maximum atomic E-state index is 11.0. The van der Waals surface area contributed by atoms with Gasteiger partial charge in [-0.15, -0.1) is 0 Å². The lowest BCUT2D eigenvalue weighted by molar-refractivity contribution is -0.120. The molecular weight excluding hydrogens is 102 g/mol. The molecule has 1 aliphatic rings. The number of hydrogen-bond donors (Lipinski definition) is 1. The second-order valence-electron chi connectivity index (χ2n) is 1.66. The highest BCUT2D eigenvalue weighted by molar-refractivity contribution is 5.75. The zero-order valence-electron chi connectivity index (χ0n) is 8.53. The minimum absolute atomic E-state index is 0.0956. The van der Waals surface area contributed by atoms with E-state index in [2.05, 4.69) is 0 Å². The molecule has 0 aromatic heterocycles. The van der Waals surface area contributed by atoms with Crippen LogP contribution in [0.25, 0.3) is 0 Å². The highest BCUT2D eigenvalue weighted by Crippen LogP contribution is 2.02. The minimum Gasteiger partial charge on any atom is -0.356 e.